The first-order valence-corrected chi connectivity index (χ1v) is 7.10. The molecule has 2 rings (SSSR count). The Labute approximate surface area is 108 Å². The summed E-state index contributed by atoms with van der Waals surface area (Å²) >= 11 is 0. The van der Waals surface area contributed by atoms with Crippen molar-refractivity contribution in [2.75, 3.05) is 13.4 Å². The van der Waals surface area contributed by atoms with Gasteiger partial charge in [-0.05, 0) is 24.1 Å². The number of aryl methyl sites for hydroxylation is 2. The smallest absolute Gasteiger partial charge is 0.221 e. The Morgan fingerprint density at radius 2 is 2.06 bits per heavy atom. The fraction of sp³-hybridized carbons (Fsp3) is 0.333. The van der Waals surface area contributed by atoms with Crippen LogP contribution in [-0.4, -0.2) is 32.3 Å². The molecule has 1 aromatic carbocycles. The molecule has 1 aromatic heterocycles. The molecule has 2 aromatic rings. The molecule has 0 unspecified atom stereocenters. The Kier molecular flexibility index (Phi) is 4.09. The summed E-state index contributed by atoms with van der Waals surface area (Å²) in [5, 5.41) is 8.15. The van der Waals surface area contributed by atoms with E-state index in [1.165, 1.54) is 5.56 Å². The maximum Gasteiger partial charge on any atom is 0.221 e. The molecule has 0 N–H and O–H groups in total. The lowest BCUT2D eigenvalue weighted by Crippen LogP contribution is -2.06. The number of rotatable bonds is 5. The van der Waals surface area contributed by atoms with Gasteiger partial charge in [-0.3, -0.25) is 4.21 Å². The third-order valence-corrected chi connectivity index (χ3v) is 3.47. The first kappa shape index (κ1) is 12.8. The number of ether oxygens (including phenoxy) is 1. The van der Waals surface area contributed by atoms with Crippen molar-refractivity contribution in [1.29, 1.82) is 0 Å². The molecular weight excluding hydrogens is 250 g/mol. The molecule has 0 saturated carbocycles. The summed E-state index contributed by atoms with van der Waals surface area (Å²) in [6, 6.07) is 7.90. The van der Waals surface area contributed by atoms with Crippen LogP contribution < -0.4 is 4.74 Å². The fourth-order valence-corrected chi connectivity index (χ4v) is 2.29. The van der Waals surface area contributed by atoms with Crippen LogP contribution in [-0.2, 0) is 23.8 Å². The van der Waals surface area contributed by atoms with Gasteiger partial charge in [0.25, 0.3) is 0 Å². The van der Waals surface area contributed by atoms with Crippen LogP contribution in [0, 0.1) is 0 Å². The number of aromatic nitrogens is 3. The van der Waals surface area contributed by atoms with E-state index in [1.807, 2.05) is 28.8 Å². The third kappa shape index (κ3) is 2.95. The molecular formula is C12H15N3O2S. The Morgan fingerprint density at radius 3 is 2.67 bits per heavy atom. The van der Waals surface area contributed by atoms with E-state index in [0.717, 1.165) is 12.2 Å². The minimum Gasteiger partial charge on any atom is -0.497 e. The van der Waals surface area contributed by atoms with E-state index in [1.54, 1.807) is 19.7 Å². The molecule has 0 aliphatic rings. The van der Waals surface area contributed by atoms with Crippen molar-refractivity contribution in [3.05, 3.63) is 36.2 Å². The van der Waals surface area contributed by atoms with Crippen molar-refractivity contribution in [2.45, 2.75) is 18.1 Å². The number of benzene rings is 1. The lowest BCUT2D eigenvalue weighted by Gasteiger charge is -2.05. The van der Waals surface area contributed by atoms with Crippen molar-refractivity contribution in [3.63, 3.8) is 0 Å². The van der Waals surface area contributed by atoms with E-state index in [0.29, 0.717) is 11.7 Å². The van der Waals surface area contributed by atoms with Crippen molar-refractivity contribution in [2.24, 2.45) is 0 Å². The van der Waals surface area contributed by atoms with E-state index in [4.69, 9.17) is 4.74 Å². The van der Waals surface area contributed by atoms with Crippen LogP contribution in [0.4, 0.5) is 0 Å². The van der Waals surface area contributed by atoms with Gasteiger partial charge in [-0.2, -0.15) is 0 Å². The molecule has 0 bridgehead atoms. The molecule has 0 spiro atoms. The summed E-state index contributed by atoms with van der Waals surface area (Å²) in [5.74, 6) is 0.846. The molecule has 0 aliphatic heterocycles. The summed E-state index contributed by atoms with van der Waals surface area (Å²) in [6.07, 6.45) is 4.06. The van der Waals surface area contributed by atoms with Gasteiger partial charge in [0.05, 0.1) is 17.9 Å². The molecule has 0 amide bonds. The molecule has 0 aliphatic carbocycles. The topological polar surface area (TPSA) is 57.0 Å². The second kappa shape index (κ2) is 5.77. The lowest BCUT2D eigenvalue weighted by atomic mass is 10.1. The second-order valence-corrected chi connectivity index (χ2v) is 5.13. The Hall–Kier alpha value is -1.69. The largest absolute Gasteiger partial charge is 0.497 e. The van der Waals surface area contributed by atoms with Crippen LogP contribution >= 0.6 is 0 Å². The van der Waals surface area contributed by atoms with E-state index < -0.39 is 10.8 Å². The van der Waals surface area contributed by atoms with Crippen LogP contribution in [0.25, 0.3) is 0 Å². The lowest BCUT2D eigenvalue weighted by molar-refractivity contribution is 0.414. The summed E-state index contributed by atoms with van der Waals surface area (Å²) in [7, 11) is 0.545. The van der Waals surface area contributed by atoms with Crippen LogP contribution in [0.2, 0.25) is 0 Å². The summed E-state index contributed by atoms with van der Waals surface area (Å²) < 4.78 is 18.3. The number of hydrogen-bond donors (Lipinski definition) is 0. The minimum absolute atomic E-state index is 0.517. The van der Waals surface area contributed by atoms with Crippen molar-refractivity contribution >= 4 is 10.8 Å². The van der Waals surface area contributed by atoms with Gasteiger partial charge in [0.1, 0.15) is 12.1 Å². The Morgan fingerprint density at radius 1 is 1.33 bits per heavy atom. The van der Waals surface area contributed by atoms with E-state index in [9.17, 15) is 4.21 Å². The number of hydrogen-bond acceptors (Lipinski definition) is 4. The normalized spacial score (nSPS) is 12.3. The zero-order chi connectivity index (χ0) is 13.0. The predicted octanol–water partition coefficient (Wildman–Crippen LogP) is 1.27. The maximum absolute atomic E-state index is 11.4. The van der Waals surface area contributed by atoms with Gasteiger partial charge < -0.3 is 9.30 Å². The zero-order valence-corrected chi connectivity index (χ0v) is 11.2. The average molecular weight is 265 g/mol. The molecule has 96 valence electrons. The molecule has 1 heterocycles. The number of nitrogens with zero attached hydrogens (tertiary/aromatic N) is 3. The standard InChI is InChI=1S/C12H15N3O2S/c1-17-11-5-3-10(4-6-11)7-8-15-9-13-14-12(15)18(2)16/h3-6,9H,7-8H2,1-2H3/t18-/m0/s1. The molecule has 1 atom stereocenters. The van der Waals surface area contributed by atoms with Crippen molar-refractivity contribution in [3.8, 4) is 5.75 Å². The monoisotopic (exact) mass is 265 g/mol. The first-order chi connectivity index (χ1) is 8.70. The van der Waals surface area contributed by atoms with Gasteiger partial charge in [-0.25, -0.2) is 0 Å². The van der Waals surface area contributed by atoms with Gasteiger partial charge in [-0.15, -0.1) is 10.2 Å². The molecule has 0 saturated heterocycles. The van der Waals surface area contributed by atoms with Gasteiger partial charge in [0.15, 0.2) is 0 Å². The van der Waals surface area contributed by atoms with Gasteiger partial charge in [0, 0.05) is 12.8 Å². The maximum atomic E-state index is 11.4. The van der Waals surface area contributed by atoms with Gasteiger partial charge in [-0.1, -0.05) is 12.1 Å². The van der Waals surface area contributed by atoms with E-state index in [-0.39, 0.29) is 0 Å². The van der Waals surface area contributed by atoms with Crippen LogP contribution in [0.15, 0.2) is 35.7 Å². The van der Waals surface area contributed by atoms with Crippen LogP contribution in [0.5, 0.6) is 5.75 Å². The summed E-state index contributed by atoms with van der Waals surface area (Å²) in [5.41, 5.74) is 1.19. The molecule has 5 nitrogen and oxygen atoms in total. The second-order valence-electron chi connectivity index (χ2n) is 3.86. The van der Waals surface area contributed by atoms with E-state index in [2.05, 4.69) is 10.2 Å². The molecule has 0 radical (unpaired) electrons. The van der Waals surface area contributed by atoms with Crippen molar-refractivity contribution in [1.82, 2.24) is 14.8 Å². The van der Waals surface area contributed by atoms with Gasteiger partial charge >= 0.3 is 0 Å². The SMILES string of the molecule is COc1ccc(CCn2cnnc2[S@](C)=O)cc1. The van der Waals surface area contributed by atoms with Crippen LogP contribution in [0.3, 0.4) is 0 Å². The quantitative estimate of drug-likeness (QED) is 0.817. The predicted molar refractivity (Wildman–Crippen MR) is 69.1 cm³/mol. The number of methoxy groups -OCH3 is 1. The molecule has 18 heavy (non-hydrogen) atoms. The van der Waals surface area contributed by atoms with Crippen molar-refractivity contribution < 1.29 is 8.95 Å². The Bertz CT molecular complexity index is 537. The molecule has 6 heteroatoms. The highest BCUT2D eigenvalue weighted by Gasteiger charge is 2.07. The minimum atomic E-state index is -1.10. The van der Waals surface area contributed by atoms with Crippen LogP contribution in [0.1, 0.15) is 5.56 Å². The summed E-state index contributed by atoms with van der Waals surface area (Å²) in [4.78, 5) is 0. The van der Waals surface area contributed by atoms with Gasteiger partial charge in [0.2, 0.25) is 5.16 Å². The highest BCUT2D eigenvalue weighted by Crippen LogP contribution is 2.12. The highest BCUT2D eigenvalue weighted by molar-refractivity contribution is 7.84. The Balaban J connectivity index is 2.02. The zero-order valence-electron chi connectivity index (χ0n) is 10.4. The van der Waals surface area contributed by atoms with E-state index >= 15 is 0 Å². The highest BCUT2D eigenvalue weighted by atomic mass is 32.2. The first-order valence-electron chi connectivity index (χ1n) is 5.55. The molecule has 0 fully saturated rings. The third-order valence-electron chi connectivity index (χ3n) is 2.64. The fourth-order valence-electron chi connectivity index (χ4n) is 1.66. The summed E-state index contributed by atoms with van der Waals surface area (Å²) in [6.45, 7) is 0.717. The average Bonchev–Trinajstić information content (AvgIpc) is 2.85.